The standard InChI is InChI=1S/C27H26ClNO5/c1-31-25-12-5-20(17-26(25)32-2)24(18-27(30)29-13-15-33-16-14-29)19-3-8-22(9-4-19)34-23-10-6-21(28)7-11-23/h3-12,17-18H,13-16H2,1-2H3. The van der Waals surface area contributed by atoms with Gasteiger partial charge in [0.15, 0.2) is 11.5 Å². The van der Waals surface area contributed by atoms with Crippen LogP contribution in [-0.4, -0.2) is 51.3 Å². The summed E-state index contributed by atoms with van der Waals surface area (Å²) in [5, 5.41) is 0.650. The van der Waals surface area contributed by atoms with Crippen molar-refractivity contribution in [2.24, 2.45) is 0 Å². The Bertz CT molecular complexity index is 1150. The lowest BCUT2D eigenvalue weighted by Gasteiger charge is -2.26. The van der Waals surface area contributed by atoms with Gasteiger partial charge < -0.3 is 23.8 Å². The largest absolute Gasteiger partial charge is 0.493 e. The van der Waals surface area contributed by atoms with Crippen LogP contribution in [0, 0.1) is 0 Å². The lowest BCUT2D eigenvalue weighted by atomic mass is 9.96. The molecule has 1 aliphatic rings. The molecule has 0 aliphatic carbocycles. The average molecular weight is 480 g/mol. The number of hydrogen-bond donors (Lipinski definition) is 0. The number of carbonyl (C=O) groups excluding carboxylic acids is 1. The Morgan fingerprint density at radius 3 is 2.06 bits per heavy atom. The molecule has 176 valence electrons. The number of rotatable bonds is 7. The first kappa shape index (κ1) is 23.7. The van der Waals surface area contributed by atoms with Gasteiger partial charge in [0.2, 0.25) is 5.91 Å². The van der Waals surface area contributed by atoms with Gasteiger partial charge in [0, 0.05) is 24.2 Å². The maximum absolute atomic E-state index is 13.1. The van der Waals surface area contributed by atoms with E-state index in [1.807, 2.05) is 54.6 Å². The summed E-state index contributed by atoms with van der Waals surface area (Å²) in [6.45, 7) is 2.23. The Morgan fingerprint density at radius 1 is 0.853 bits per heavy atom. The molecule has 3 aromatic rings. The molecule has 1 heterocycles. The summed E-state index contributed by atoms with van der Waals surface area (Å²) in [5.74, 6) is 2.52. The van der Waals surface area contributed by atoms with E-state index >= 15 is 0 Å². The topological polar surface area (TPSA) is 57.2 Å². The van der Waals surface area contributed by atoms with Crippen LogP contribution in [0.1, 0.15) is 11.1 Å². The highest BCUT2D eigenvalue weighted by atomic mass is 35.5. The van der Waals surface area contributed by atoms with Crippen molar-refractivity contribution in [3.05, 3.63) is 89.0 Å². The molecular formula is C27H26ClNO5. The van der Waals surface area contributed by atoms with Crippen molar-refractivity contribution < 1.29 is 23.7 Å². The van der Waals surface area contributed by atoms with Gasteiger partial charge in [-0.05, 0) is 65.2 Å². The molecule has 7 heteroatoms. The van der Waals surface area contributed by atoms with Crippen LogP contribution in [0.5, 0.6) is 23.0 Å². The summed E-state index contributed by atoms with van der Waals surface area (Å²) in [5.41, 5.74) is 2.48. The van der Waals surface area contributed by atoms with Crippen molar-refractivity contribution in [2.75, 3.05) is 40.5 Å². The van der Waals surface area contributed by atoms with E-state index in [1.54, 1.807) is 37.3 Å². The van der Waals surface area contributed by atoms with Gasteiger partial charge in [-0.25, -0.2) is 0 Å². The third-order valence-electron chi connectivity index (χ3n) is 5.50. The monoisotopic (exact) mass is 479 g/mol. The van der Waals surface area contributed by atoms with Gasteiger partial charge in [-0.1, -0.05) is 29.8 Å². The summed E-state index contributed by atoms with van der Waals surface area (Å²) in [7, 11) is 3.18. The van der Waals surface area contributed by atoms with Crippen LogP contribution >= 0.6 is 11.6 Å². The molecule has 1 amide bonds. The quantitative estimate of drug-likeness (QED) is 0.422. The van der Waals surface area contributed by atoms with Crippen molar-refractivity contribution in [1.82, 2.24) is 4.90 Å². The molecule has 0 unspecified atom stereocenters. The van der Waals surface area contributed by atoms with Crippen LogP contribution in [0.3, 0.4) is 0 Å². The Hall–Kier alpha value is -3.48. The fourth-order valence-corrected chi connectivity index (χ4v) is 3.80. The van der Waals surface area contributed by atoms with E-state index in [1.165, 1.54) is 0 Å². The molecule has 0 N–H and O–H groups in total. The number of carbonyl (C=O) groups is 1. The fourth-order valence-electron chi connectivity index (χ4n) is 3.68. The molecule has 6 nitrogen and oxygen atoms in total. The lowest BCUT2D eigenvalue weighted by Crippen LogP contribution is -2.39. The van der Waals surface area contributed by atoms with E-state index in [2.05, 4.69) is 0 Å². The van der Waals surface area contributed by atoms with Crippen molar-refractivity contribution in [1.29, 1.82) is 0 Å². The number of halogens is 1. The van der Waals surface area contributed by atoms with E-state index in [-0.39, 0.29) is 5.91 Å². The van der Waals surface area contributed by atoms with Crippen molar-refractivity contribution in [3.8, 4) is 23.0 Å². The van der Waals surface area contributed by atoms with Gasteiger partial charge in [0.05, 0.1) is 27.4 Å². The van der Waals surface area contributed by atoms with E-state index in [0.29, 0.717) is 54.3 Å². The zero-order chi connectivity index (χ0) is 23.9. The number of benzene rings is 3. The summed E-state index contributed by atoms with van der Waals surface area (Å²) >= 11 is 5.95. The number of methoxy groups -OCH3 is 2. The first-order chi connectivity index (χ1) is 16.6. The summed E-state index contributed by atoms with van der Waals surface area (Å²) in [6, 6.07) is 20.4. The zero-order valence-electron chi connectivity index (χ0n) is 19.1. The van der Waals surface area contributed by atoms with Gasteiger partial charge >= 0.3 is 0 Å². The summed E-state index contributed by atoms with van der Waals surface area (Å²) < 4.78 is 22.2. The second-order valence-electron chi connectivity index (χ2n) is 7.65. The van der Waals surface area contributed by atoms with Gasteiger partial charge in [-0.15, -0.1) is 0 Å². The molecule has 0 aromatic heterocycles. The molecule has 0 saturated carbocycles. The third kappa shape index (κ3) is 5.71. The van der Waals surface area contributed by atoms with Crippen LogP contribution in [-0.2, 0) is 9.53 Å². The normalized spacial score (nSPS) is 14.0. The molecule has 0 spiro atoms. The number of nitrogens with zero attached hydrogens (tertiary/aromatic N) is 1. The molecule has 0 bridgehead atoms. The van der Waals surface area contributed by atoms with Gasteiger partial charge in [0.25, 0.3) is 0 Å². The number of ether oxygens (including phenoxy) is 4. The van der Waals surface area contributed by atoms with Crippen molar-refractivity contribution in [3.63, 3.8) is 0 Å². The molecule has 34 heavy (non-hydrogen) atoms. The average Bonchev–Trinajstić information content (AvgIpc) is 2.89. The van der Waals surface area contributed by atoms with E-state index in [9.17, 15) is 4.79 Å². The highest BCUT2D eigenvalue weighted by Gasteiger charge is 2.18. The number of morpholine rings is 1. The van der Waals surface area contributed by atoms with E-state index in [0.717, 1.165) is 16.7 Å². The highest BCUT2D eigenvalue weighted by Crippen LogP contribution is 2.34. The van der Waals surface area contributed by atoms with E-state index in [4.69, 9.17) is 30.5 Å². The van der Waals surface area contributed by atoms with Crippen molar-refractivity contribution in [2.45, 2.75) is 0 Å². The SMILES string of the molecule is COc1ccc(C(=CC(=O)N2CCOCC2)c2ccc(Oc3ccc(Cl)cc3)cc2)cc1OC. The Morgan fingerprint density at radius 2 is 1.44 bits per heavy atom. The molecule has 3 aromatic carbocycles. The predicted molar refractivity (Wildman–Crippen MR) is 132 cm³/mol. The minimum atomic E-state index is -0.0606. The van der Waals surface area contributed by atoms with E-state index < -0.39 is 0 Å². The van der Waals surface area contributed by atoms with Crippen LogP contribution < -0.4 is 14.2 Å². The minimum absolute atomic E-state index is 0.0606. The van der Waals surface area contributed by atoms with Crippen LogP contribution in [0.2, 0.25) is 5.02 Å². The second kappa shape index (κ2) is 11.1. The molecule has 4 rings (SSSR count). The van der Waals surface area contributed by atoms with Gasteiger partial charge in [-0.3, -0.25) is 4.79 Å². The highest BCUT2D eigenvalue weighted by molar-refractivity contribution is 6.30. The number of hydrogen-bond acceptors (Lipinski definition) is 5. The van der Waals surface area contributed by atoms with Gasteiger partial charge in [-0.2, -0.15) is 0 Å². The summed E-state index contributed by atoms with van der Waals surface area (Å²) in [4.78, 5) is 14.9. The first-order valence-electron chi connectivity index (χ1n) is 10.9. The van der Waals surface area contributed by atoms with Crippen molar-refractivity contribution >= 4 is 23.1 Å². The maximum Gasteiger partial charge on any atom is 0.247 e. The fraction of sp³-hybridized carbons (Fsp3) is 0.222. The minimum Gasteiger partial charge on any atom is -0.493 e. The van der Waals surface area contributed by atoms with Gasteiger partial charge in [0.1, 0.15) is 11.5 Å². The Balaban J connectivity index is 1.66. The lowest BCUT2D eigenvalue weighted by molar-refractivity contribution is -0.129. The van der Waals surface area contributed by atoms with Crippen LogP contribution in [0.25, 0.3) is 5.57 Å². The van der Waals surface area contributed by atoms with Crippen LogP contribution in [0.15, 0.2) is 72.8 Å². The Kier molecular flexibility index (Phi) is 7.72. The molecule has 0 radical (unpaired) electrons. The predicted octanol–water partition coefficient (Wildman–Crippen LogP) is 5.44. The summed E-state index contributed by atoms with van der Waals surface area (Å²) in [6.07, 6.45) is 1.67. The second-order valence-corrected chi connectivity index (χ2v) is 8.08. The zero-order valence-corrected chi connectivity index (χ0v) is 19.9. The molecule has 1 saturated heterocycles. The molecule has 1 aliphatic heterocycles. The molecule has 0 atom stereocenters. The Labute approximate surface area is 204 Å². The smallest absolute Gasteiger partial charge is 0.247 e. The number of amides is 1. The first-order valence-corrected chi connectivity index (χ1v) is 11.3. The van der Waals surface area contributed by atoms with Crippen LogP contribution in [0.4, 0.5) is 0 Å². The molecule has 1 fully saturated rings. The third-order valence-corrected chi connectivity index (χ3v) is 5.75. The molecular weight excluding hydrogens is 454 g/mol. The maximum atomic E-state index is 13.1.